The zero-order valence-electron chi connectivity index (χ0n) is 15.9. The van der Waals surface area contributed by atoms with Crippen LogP contribution >= 0.6 is 0 Å². The molecule has 25 heavy (non-hydrogen) atoms. The smallest absolute Gasteiger partial charge is 0.0991 e. The number of ether oxygens (including phenoxy) is 1. The van der Waals surface area contributed by atoms with Crippen LogP contribution in [0.4, 0.5) is 0 Å². The van der Waals surface area contributed by atoms with Crippen LogP contribution in [0.15, 0.2) is 36.6 Å². The molecule has 0 amide bonds. The minimum atomic E-state index is 0.318. The molecular formula is C23H33NO. The molecule has 0 heterocycles. The lowest BCUT2D eigenvalue weighted by Crippen LogP contribution is -2.18. The molecule has 0 N–H and O–H groups in total. The molecule has 2 heteroatoms. The van der Waals surface area contributed by atoms with Gasteiger partial charge >= 0.3 is 0 Å². The van der Waals surface area contributed by atoms with Gasteiger partial charge in [0.1, 0.15) is 0 Å². The molecule has 1 fully saturated rings. The summed E-state index contributed by atoms with van der Waals surface area (Å²) in [5.41, 5.74) is 2.16. The molecule has 136 valence electrons. The molecule has 1 aromatic rings. The van der Waals surface area contributed by atoms with Crippen molar-refractivity contribution >= 4 is 0 Å². The Balaban J connectivity index is 1.66. The molecule has 2 nitrogen and oxygen atoms in total. The summed E-state index contributed by atoms with van der Waals surface area (Å²) in [7, 11) is 0. The van der Waals surface area contributed by atoms with Crippen LogP contribution in [0.25, 0.3) is 0 Å². The van der Waals surface area contributed by atoms with Gasteiger partial charge in [0.25, 0.3) is 0 Å². The summed E-state index contributed by atoms with van der Waals surface area (Å²) in [5.74, 6) is 1.46. The Labute approximate surface area is 153 Å². The standard InChI is InChI=1S/C23H33NO/c1-3-4-5-6-7-16-25-19(2)17-20-8-12-22(13-9-20)23-14-10-21(18-24)11-15-23/h7,10-11,14-16,19-20,22H,3-6,8-9,12-13,17H2,1-2H3. The average Bonchev–Trinajstić information content (AvgIpc) is 2.65. The van der Waals surface area contributed by atoms with Crippen LogP contribution in [0.5, 0.6) is 0 Å². The van der Waals surface area contributed by atoms with Gasteiger partial charge in [0.05, 0.1) is 24.0 Å². The lowest BCUT2D eigenvalue weighted by molar-refractivity contribution is 0.120. The molecule has 1 atom stereocenters. The fourth-order valence-corrected chi connectivity index (χ4v) is 3.86. The Kier molecular flexibility index (Phi) is 8.60. The minimum absolute atomic E-state index is 0.318. The summed E-state index contributed by atoms with van der Waals surface area (Å²) in [6.07, 6.45) is 15.7. The van der Waals surface area contributed by atoms with E-state index in [0.29, 0.717) is 12.0 Å². The van der Waals surface area contributed by atoms with E-state index in [1.807, 2.05) is 18.4 Å². The molecular weight excluding hydrogens is 306 g/mol. The average molecular weight is 340 g/mol. The van der Waals surface area contributed by atoms with Crippen molar-refractivity contribution in [3.63, 3.8) is 0 Å². The molecule has 1 aliphatic rings. The van der Waals surface area contributed by atoms with Crippen LogP contribution in [0.2, 0.25) is 0 Å². The number of unbranched alkanes of at least 4 members (excludes halogenated alkanes) is 3. The number of hydrogen-bond donors (Lipinski definition) is 0. The van der Waals surface area contributed by atoms with Crippen molar-refractivity contribution in [1.82, 2.24) is 0 Å². The first-order chi connectivity index (χ1) is 12.2. The predicted molar refractivity (Wildman–Crippen MR) is 104 cm³/mol. The number of allylic oxidation sites excluding steroid dienone is 1. The molecule has 0 aromatic heterocycles. The Morgan fingerprint density at radius 2 is 1.88 bits per heavy atom. The van der Waals surface area contributed by atoms with E-state index in [0.717, 1.165) is 17.9 Å². The van der Waals surface area contributed by atoms with Gasteiger partial charge in [-0.2, -0.15) is 5.26 Å². The Hall–Kier alpha value is -1.75. The lowest BCUT2D eigenvalue weighted by Gasteiger charge is -2.30. The molecule has 1 saturated carbocycles. The van der Waals surface area contributed by atoms with Crippen LogP contribution in [0.3, 0.4) is 0 Å². The van der Waals surface area contributed by atoms with Gasteiger partial charge in [0.15, 0.2) is 0 Å². The van der Waals surface area contributed by atoms with Crippen molar-refractivity contribution in [3.05, 3.63) is 47.7 Å². The monoisotopic (exact) mass is 339 g/mol. The largest absolute Gasteiger partial charge is 0.499 e. The van der Waals surface area contributed by atoms with E-state index in [1.54, 1.807) is 0 Å². The predicted octanol–water partition coefficient (Wildman–Crippen LogP) is 6.72. The van der Waals surface area contributed by atoms with E-state index in [4.69, 9.17) is 10.00 Å². The third-order valence-corrected chi connectivity index (χ3v) is 5.40. The molecule has 1 aromatic carbocycles. The van der Waals surface area contributed by atoms with Crippen molar-refractivity contribution in [1.29, 1.82) is 5.26 Å². The summed E-state index contributed by atoms with van der Waals surface area (Å²) in [5, 5.41) is 8.91. The maximum atomic E-state index is 8.91. The van der Waals surface area contributed by atoms with E-state index >= 15 is 0 Å². The van der Waals surface area contributed by atoms with Crippen molar-refractivity contribution in [3.8, 4) is 6.07 Å². The van der Waals surface area contributed by atoms with Crippen LogP contribution in [-0.4, -0.2) is 6.10 Å². The maximum absolute atomic E-state index is 8.91. The number of hydrogen-bond acceptors (Lipinski definition) is 2. The fraction of sp³-hybridized carbons (Fsp3) is 0.609. The van der Waals surface area contributed by atoms with Crippen LogP contribution in [0.1, 0.15) is 88.7 Å². The number of nitrogens with zero attached hydrogens (tertiary/aromatic N) is 1. The summed E-state index contributed by atoms with van der Waals surface area (Å²) >= 11 is 0. The van der Waals surface area contributed by atoms with Crippen LogP contribution in [0, 0.1) is 17.2 Å². The second kappa shape index (κ2) is 11.0. The first-order valence-corrected chi connectivity index (χ1v) is 10.0. The van der Waals surface area contributed by atoms with Gasteiger partial charge < -0.3 is 4.74 Å². The van der Waals surface area contributed by atoms with Gasteiger partial charge in [-0.25, -0.2) is 0 Å². The highest BCUT2D eigenvalue weighted by atomic mass is 16.5. The van der Waals surface area contributed by atoms with Crippen molar-refractivity contribution in [2.75, 3.05) is 0 Å². The molecule has 0 radical (unpaired) electrons. The van der Waals surface area contributed by atoms with Gasteiger partial charge in [-0.1, -0.05) is 31.9 Å². The fourth-order valence-electron chi connectivity index (χ4n) is 3.86. The van der Waals surface area contributed by atoms with E-state index in [1.165, 1.54) is 56.9 Å². The number of rotatable bonds is 9. The van der Waals surface area contributed by atoms with E-state index in [-0.39, 0.29) is 0 Å². The minimum Gasteiger partial charge on any atom is -0.499 e. The normalized spacial score (nSPS) is 21.8. The first-order valence-electron chi connectivity index (χ1n) is 10.0. The molecule has 0 spiro atoms. The second-order valence-electron chi connectivity index (χ2n) is 7.50. The SMILES string of the molecule is CCCCCC=COC(C)CC1CCC(c2ccc(C#N)cc2)CC1. The summed E-state index contributed by atoms with van der Waals surface area (Å²) in [6.45, 7) is 4.43. The molecule has 0 bridgehead atoms. The van der Waals surface area contributed by atoms with Gasteiger partial charge in [-0.05, 0) is 87.5 Å². The van der Waals surface area contributed by atoms with Crippen molar-refractivity contribution in [2.24, 2.45) is 5.92 Å². The zero-order valence-corrected chi connectivity index (χ0v) is 15.9. The summed E-state index contributed by atoms with van der Waals surface area (Å²) in [4.78, 5) is 0. The van der Waals surface area contributed by atoms with Gasteiger partial charge in [0, 0.05) is 0 Å². The van der Waals surface area contributed by atoms with Gasteiger partial charge in [-0.15, -0.1) is 0 Å². The van der Waals surface area contributed by atoms with E-state index < -0.39 is 0 Å². The third kappa shape index (κ3) is 6.94. The van der Waals surface area contributed by atoms with Crippen molar-refractivity contribution in [2.45, 2.75) is 83.7 Å². The first kappa shape index (κ1) is 19.6. The van der Waals surface area contributed by atoms with Gasteiger partial charge in [0.2, 0.25) is 0 Å². The highest BCUT2D eigenvalue weighted by Gasteiger charge is 2.23. The van der Waals surface area contributed by atoms with Crippen molar-refractivity contribution < 1.29 is 4.74 Å². The number of nitriles is 1. The zero-order chi connectivity index (χ0) is 17.9. The highest BCUT2D eigenvalue weighted by Crippen LogP contribution is 2.37. The molecule has 0 aliphatic heterocycles. The molecule has 0 saturated heterocycles. The Morgan fingerprint density at radius 1 is 1.16 bits per heavy atom. The van der Waals surface area contributed by atoms with Crippen LogP contribution in [-0.2, 0) is 4.74 Å². The van der Waals surface area contributed by atoms with Crippen LogP contribution < -0.4 is 0 Å². The number of benzene rings is 1. The quantitative estimate of drug-likeness (QED) is 0.369. The van der Waals surface area contributed by atoms with E-state index in [9.17, 15) is 0 Å². The molecule has 2 rings (SSSR count). The maximum Gasteiger partial charge on any atom is 0.0991 e. The second-order valence-corrected chi connectivity index (χ2v) is 7.50. The topological polar surface area (TPSA) is 33.0 Å². The summed E-state index contributed by atoms with van der Waals surface area (Å²) in [6, 6.07) is 10.4. The Morgan fingerprint density at radius 3 is 2.52 bits per heavy atom. The van der Waals surface area contributed by atoms with E-state index in [2.05, 4.69) is 38.1 Å². The molecule has 1 aliphatic carbocycles. The van der Waals surface area contributed by atoms with Gasteiger partial charge in [-0.3, -0.25) is 0 Å². The third-order valence-electron chi connectivity index (χ3n) is 5.40. The highest BCUT2D eigenvalue weighted by molar-refractivity contribution is 5.33. The lowest BCUT2D eigenvalue weighted by atomic mass is 9.77. The Bertz CT molecular complexity index is 546. The summed E-state index contributed by atoms with van der Waals surface area (Å²) < 4.78 is 5.85. The molecule has 1 unspecified atom stereocenters.